The zero-order chi connectivity index (χ0) is 38.2. The van der Waals surface area contributed by atoms with E-state index < -0.39 is 56.8 Å². The van der Waals surface area contributed by atoms with Gasteiger partial charge in [-0.3, -0.25) is 9.78 Å². The molecular formula is C35H34F3N7O7S. The van der Waals surface area contributed by atoms with Crippen LogP contribution in [0, 0.1) is 11.3 Å². The fourth-order valence-corrected chi connectivity index (χ4v) is 7.60. The average Bonchev–Trinajstić information content (AvgIpc) is 3.58. The van der Waals surface area contributed by atoms with Crippen molar-refractivity contribution in [3.63, 3.8) is 0 Å². The smallest absolute Gasteiger partial charge is 0.444 e. The van der Waals surface area contributed by atoms with E-state index in [1.165, 1.54) is 29.2 Å². The number of amides is 2. The van der Waals surface area contributed by atoms with Crippen LogP contribution < -0.4 is 20.3 Å². The highest BCUT2D eigenvalue weighted by Crippen LogP contribution is 2.38. The van der Waals surface area contributed by atoms with E-state index in [1.54, 1.807) is 45.0 Å². The number of benzene rings is 2. The van der Waals surface area contributed by atoms with Crippen LogP contribution in [0.25, 0.3) is 22.7 Å². The zero-order valence-corrected chi connectivity index (χ0v) is 29.5. The number of fused-ring (bicyclic) bond motifs is 1. The summed E-state index contributed by atoms with van der Waals surface area (Å²) in [7, 11) is -4.20. The van der Waals surface area contributed by atoms with Crippen molar-refractivity contribution in [3.05, 3.63) is 72.2 Å². The molecule has 4 heterocycles. The van der Waals surface area contributed by atoms with Gasteiger partial charge in [-0.2, -0.15) is 5.26 Å². The van der Waals surface area contributed by atoms with Gasteiger partial charge in [-0.05, 0) is 82.6 Å². The quantitative estimate of drug-likeness (QED) is 0.256. The number of ether oxygens (including phenoxy) is 2. The molecule has 2 aliphatic rings. The maximum absolute atomic E-state index is 14.3. The van der Waals surface area contributed by atoms with Crippen LogP contribution in [0.1, 0.15) is 45.1 Å². The number of nitrogens with one attached hydrogen (secondary N) is 2. The van der Waals surface area contributed by atoms with Gasteiger partial charge in [0.05, 0.1) is 40.8 Å². The number of carbonyl (C=O) groups excluding carboxylic acids is 2. The Labute approximate surface area is 302 Å². The van der Waals surface area contributed by atoms with Gasteiger partial charge >= 0.3 is 12.5 Å². The van der Waals surface area contributed by atoms with Crippen molar-refractivity contribution in [2.75, 3.05) is 23.7 Å². The van der Waals surface area contributed by atoms with E-state index in [0.29, 0.717) is 42.8 Å². The minimum absolute atomic E-state index is 0.0106. The second-order valence-electron chi connectivity index (χ2n) is 13.6. The highest BCUT2D eigenvalue weighted by Gasteiger charge is 2.42. The Bertz CT molecular complexity index is 2160. The summed E-state index contributed by atoms with van der Waals surface area (Å²) in [5, 5.41) is 23.9. The molecule has 278 valence electrons. The number of aromatic nitrogens is 3. The fourth-order valence-electron chi connectivity index (χ4n) is 6.00. The van der Waals surface area contributed by atoms with Crippen molar-refractivity contribution in [1.29, 1.82) is 5.26 Å². The van der Waals surface area contributed by atoms with Crippen LogP contribution in [-0.4, -0.2) is 72.4 Å². The summed E-state index contributed by atoms with van der Waals surface area (Å²) in [6, 6.07) is 14.1. The summed E-state index contributed by atoms with van der Waals surface area (Å²) in [6.07, 6.45) is -4.00. The number of pyridine rings is 1. The third-order valence-electron chi connectivity index (χ3n) is 8.54. The summed E-state index contributed by atoms with van der Waals surface area (Å²) in [5.41, 5.74) is -0.222. The van der Waals surface area contributed by atoms with Gasteiger partial charge in [0, 0.05) is 11.1 Å². The van der Waals surface area contributed by atoms with Crippen LogP contribution in [0.5, 0.6) is 5.75 Å². The first-order valence-electron chi connectivity index (χ1n) is 16.4. The van der Waals surface area contributed by atoms with Crippen molar-refractivity contribution in [3.8, 4) is 34.5 Å². The molecule has 0 aliphatic carbocycles. The topological polar surface area (TPSA) is 190 Å². The van der Waals surface area contributed by atoms with E-state index in [1.807, 2.05) is 0 Å². The van der Waals surface area contributed by atoms with Gasteiger partial charge in [0.1, 0.15) is 22.8 Å². The third-order valence-corrected chi connectivity index (χ3v) is 10.3. The van der Waals surface area contributed by atoms with E-state index in [4.69, 9.17) is 9.15 Å². The van der Waals surface area contributed by atoms with E-state index in [0.717, 1.165) is 12.3 Å². The summed E-state index contributed by atoms with van der Waals surface area (Å²) < 4.78 is 80.6. The van der Waals surface area contributed by atoms with Crippen molar-refractivity contribution in [1.82, 2.24) is 25.8 Å². The van der Waals surface area contributed by atoms with Gasteiger partial charge in [0.15, 0.2) is 9.84 Å². The molecule has 14 nitrogen and oxygen atoms in total. The van der Waals surface area contributed by atoms with Crippen molar-refractivity contribution in [2.24, 2.45) is 0 Å². The lowest BCUT2D eigenvalue weighted by molar-refractivity contribution is -0.274. The predicted molar refractivity (Wildman–Crippen MR) is 182 cm³/mol. The van der Waals surface area contributed by atoms with Gasteiger partial charge in [0.25, 0.3) is 5.91 Å². The molecule has 6 rings (SSSR count). The van der Waals surface area contributed by atoms with Crippen LogP contribution in [0.3, 0.4) is 0 Å². The number of alkyl carbamates (subject to hydrolysis) is 1. The molecule has 1 saturated heterocycles. The zero-order valence-electron chi connectivity index (χ0n) is 28.7. The normalized spacial score (nSPS) is 18.3. The lowest BCUT2D eigenvalue weighted by atomic mass is 9.80. The predicted octanol–water partition coefficient (Wildman–Crippen LogP) is 5.06. The molecule has 2 aliphatic heterocycles. The van der Waals surface area contributed by atoms with Crippen LogP contribution in [0.4, 0.5) is 23.7 Å². The number of rotatable bonds is 7. The first kappa shape index (κ1) is 37.2. The molecular weight excluding hydrogens is 719 g/mol. The van der Waals surface area contributed by atoms with Crippen LogP contribution in [0.15, 0.2) is 70.1 Å². The largest absolute Gasteiger partial charge is 0.573 e. The van der Waals surface area contributed by atoms with Gasteiger partial charge in [-0.1, -0.05) is 24.3 Å². The lowest BCUT2D eigenvalue weighted by Gasteiger charge is -2.27. The maximum atomic E-state index is 14.3. The SMILES string of the molecule is CC(C)(C)OC(=O)N[C@H]1CS(=O)(=O)c2ccc(-c3nnc(C4(C#N)CCNCC4)o3)cc2N(Cc2ccc(-c3ccc(OC(F)(F)F)cn3)cc2)C1=O. The van der Waals surface area contributed by atoms with E-state index in [2.05, 4.69) is 36.6 Å². The molecule has 18 heteroatoms. The number of sulfone groups is 1. The molecule has 0 saturated carbocycles. The lowest BCUT2D eigenvalue weighted by Crippen LogP contribution is -2.51. The number of nitriles is 1. The Balaban J connectivity index is 1.35. The number of anilines is 1. The average molecular weight is 754 g/mol. The van der Waals surface area contributed by atoms with Crippen molar-refractivity contribution in [2.45, 2.75) is 68.5 Å². The van der Waals surface area contributed by atoms with E-state index in [-0.39, 0.29) is 34.5 Å². The Kier molecular flexibility index (Phi) is 9.92. The summed E-state index contributed by atoms with van der Waals surface area (Å²) in [5.74, 6) is -1.84. The second-order valence-corrected chi connectivity index (χ2v) is 15.6. The number of nitrogens with zero attached hydrogens (tertiary/aromatic N) is 5. The molecule has 1 atom stereocenters. The maximum Gasteiger partial charge on any atom is 0.573 e. The minimum atomic E-state index is -4.86. The highest BCUT2D eigenvalue weighted by atomic mass is 32.2. The molecule has 0 spiro atoms. The fraction of sp³-hybridized carbons (Fsp3) is 0.371. The minimum Gasteiger partial charge on any atom is -0.444 e. The molecule has 2 amide bonds. The first-order valence-corrected chi connectivity index (χ1v) is 18.1. The Morgan fingerprint density at radius 2 is 1.77 bits per heavy atom. The second kappa shape index (κ2) is 14.1. The first-order chi connectivity index (χ1) is 25.0. The van der Waals surface area contributed by atoms with Gasteiger partial charge < -0.3 is 29.4 Å². The van der Waals surface area contributed by atoms with Gasteiger partial charge in [0.2, 0.25) is 11.8 Å². The molecule has 2 aromatic heterocycles. The Morgan fingerprint density at radius 3 is 2.40 bits per heavy atom. The number of halogens is 3. The summed E-state index contributed by atoms with van der Waals surface area (Å²) in [4.78, 5) is 32.1. The molecule has 1 fully saturated rings. The molecule has 0 unspecified atom stereocenters. The number of carbonyl (C=O) groups is 2. The number of alkyl halides is 3. The van der Waals surface area contributed by atoms with Gasteiger partial charge in [-0.15, -0.1) is 23.4 Å². The van der Waals surface area contributed by atoms with Crippen molar-refractivity contribution < 1.29 is 45.1 Å². The Hall–Kier alpha value is -5.54. The monoisotopic (exact) mass is 753 g/mol. The summed E-state index contributed by atoms with van der Waals surface area (Å²) in [6.45, 7) is 5.87. The number of piperidine rings is 1. The Morgan fingerprint density at radius 1 is 1.08 bits per heavy atom. The summed E-state index contributed by atoms with van der Waals surface area (Å²) >= 11 is 0. The molecule has 2 N–H and O–H groups in total. The highest BCUT2D eigenvalue weighted by molar-refractivity contribution is 7.91. The third kappa shape index (κ3) is 8.42. The van der Waals surface area contributed by atoms with Crippen LogP contribution in [0.2, 0.25) is 0 Å². The standard InChI is InChI=1S/C35H34F3N7O7S/c1-33(2,3)52-32(47)42-26-19-53(48,49)28-11-8-23(29-43-44-31(50-29)34(20-39)12-14-40-15-13-34)16-27(28)45(30(26)46)18-21-4-6-22(7-5-21)25-10-9-24(17-41-25)51-35(36,37)38/h4-11,16-17,26,40H,12-15,18-19H2,1-3H3,(H,42,47)/t26-/m0/s1. The molecule has 0 radical (unpaired) electrons. The number of hydrogen-bond acceptors (Lipinski definition) is 12. The molecule has 2 aromatic carbocycles. The van der Waals surface area contributed by atoms with Gasteiger partial charge in [-0.25, -0.2) is 13.2 Å². The molecule has 53 heavy (non-hydrogen) atoms. The van der Waals surface area contributed by atoms with Crippen LogP contribution >= 0.6 is 0 Å². The van der Waals surface area contributed by atoms with E-state index >= 15 is 0 Å². The molecule has 0 bridgehead atoms. The van der Waals surface area contributed by atoms with Crippen LogP contribution in [-0.2, 0) is 31.3 Å². The number of hydrogen-bond donors (Lipinski definition) is 2. The van der Waals surface area contributed by atoms with Crippen molar-refractivity contribution >= 4 is 27.5 Å². The molecule has 4 aromatic rings. The van der Waals surface area contributed by atoms with E-state index in [9.17, 15) is 36.4 Å².